The van der Waals surface area contributed by atoms with Crippen LogP contribution >= 0.6 is 11.3 Å². The molecule has 0 aliphatic heterocycles. The van der Waals surface area contributed by atoms with Crippen molar-refractivity contribution in [2.24, 2.45) is 0 Å². The van der Waals surface area contributed by atoms with E-state index in [9.17, 15) is 0 Å². The van der Waals surface area contributed by atoms with Crippen LogP contribution in [0.15, 0.2) is 35.8 Å². The number of aryl methyl sites for hydroxylation is 1. The van der Waals surface area contributed by atoms with Crippen LogP contribution in [0, 0.1) is 6.92 Å². The molecule has 0 bridgehead atoms. The van der Waals surface area contributed by atoms with Crippen LogP contribution in [0.5, 0.6) is 0 Å². The fourth-order valence-electron chi connectivity index (χ4n) is 1.85. The average molecular weight is 256 g/mol. The summed E-state index contributed by atoms with van der Waals surface area (Å²) in [5, 5.41) is 9.57. The quantitative estimate of drug-likeness (QED) is 0.740. The van der Waals surface area contributed by atoms with Gasteiger partial charge < -0.3 is 5.73 Å². The van der Waals surface area contributed by atoms with Gasteiger partial charge in [0.2, 0.25) is 0 Å². The van der Waals surface area contributed by atoms with Gasteiger partial charge in [0.25, 0.3) is 0 Å². The van der Waals surface area contributed by atoms with Gasteiger partial charge in [-0.05, 0) is 12.5 Å². The minimum absolute atomic E-state index is 0.556. The van der Waals surface area contributed by atoms with Gasteiger partial charge in [0, 0.05) is 10.9 Å². The first kappa shape index (κ1) is 11.0. The molecule has 0 aliphatic carbocycles. The zero-order chi connectivity index (χ0) is 12.5. The Morgan fingerprint density at radius 2 is 2.06 bits per heavy atom. The summed E-state index contributed by atoms with van der Waals surface area (Å²) in [5.74, 6) is 0.556. The van der Waals surface area contributed by atoms with E-state index in [0.717, 1.165) is 21.8 Å². The predicted molar refractivity (Wildman–Crippen MR) is 74.3 cm³/mol. The summed E-state index contributed by atoms with van der Waals surface area (Å²) in [6.45, 7) is 2.08. The Morgan fingerprint density at radius 3 is 2.78 bits per heavy atom. The van der Waals surface area contributed by atoms with Gasteiger partial charge in [0.1, 0.15) is 10.8 Å². The Hall–Kier alpha value is -2.14. The van der Waals surface area contributed by atoms with E-state index < -0.39 is 0 Å². The molecule has 3 rings (SSSR count). The highest BCUT2D eigenvalue weighted by Gasteiger charge is 2.11. The molecule has 2 heterocycles. The van der Waals surface area contributed by atoms with Gasteiger partial charge >= 0.3 is 0 Å². The van der Waals surface area contributed by atoms with Crippen molar-refractivity contribution in [3.8, 4) is 21.8 Å². The van der Waals surface area contributed by atoms with E-state index in [1.807, 2.05) is 17.5 Å². The van der Waals surface area contributed by atoms with Gasteiger partial charge in [-0.3, -0.25) is 5.10 Å². The normalized spacial score (nSPS) is 10.7. The van der Waals surface area contributed by atoms with Gasteiger partial charge in [0.05, 0.1) is 17.5 Å². The highest BCUT2D eigenvalue weighted by molar-refractivity contribution is 7.13. The van der Waals surface area contributed by atoms with Crippen LogP contribution in [0.3, 0.4) is 0 Å². The Bertz CT molecular complexity index is 684. The number of hydrogen-bond acceptors (Lipinski definition) is 4. The number of anilines is 1. The van der Waals surface area contributed by atoms with E-state index in [0.29, 0.717) is 5.82 Å². The van der Waals surface area contributed by atoms with Crippen LogP contribution in [-0.2, 0) is 0 Å². The first-order valence-corrected chi connectivity index (χ1v) is 6.44. The minimum atomic E-state index is 0.556. The second kappa shape index (κ2) is 4.27. The van der Waals surface area contributed by atoms with E-state index >= 15 is 0 Å². The molecule has 4 nitrogen and oxygen atoms in total. The molecule has 1 aromatic carbocycles. The molecule has 0 unspecified atom stereocenters. The lowest BCUT2D eigenvalue weighted by Gasteiger charge is -2.00. The lowest BCUT2D eigenvalue weighted by Crippen LogP contribution is -1.87. The summed E-state index contributed by atoms with van der Waals surface area (Å²) < 4.78 is 0. The van der Waals surface area contributed by atoms with Crippen LogP contribution in [0.4, 0.5) is 5.82 Å². The van der Waals surface area contributed by atoms with Crippen LogP contribution in [0.25, 0.3) is 21.8 Å². The highest BCUT2D eigenvalue weighted by atomic mass is 32.1. The molecule has 0 radical (unpaired) electrons. The number of rotatable bonds is 2. The number of H-pyrrole nitrogens is 1. The van der Waals surface area contributed by atoms with Gasteiger partial charge in [-0.1, -0.05) is 24.3 Å². The van der Waals surface area contributed by atoms with Gasteiger partial charge in [-0.15, -0.1) is 11.3 Å². The van der Waals surface area contributed by atoms with Crippen LogP contribution in [0.1, 0.15) is 5.56 Å². The molecular formula is C13H12N4S. The number of nitrogen functional groups attached to an aromatic ring is 1. The molecule has 0 amide bonds. The number of nitrogens with one attached hydrogen (secondary N) is 1. The summed E-state index contributed by atoms with van der Waals surface area (Å²) in [6.07, 6.45) is 1.70. The molecule has 3 N–H and O–H groups in total. The smallest absolute Gasteiger partial charge is 0.129 e. The van der Waals surface area contributed by atoms with Crippen molar-refractivity contribution in [1.29, 1.82) is 0 Å². The highest BCUT2D eigenvalue weighted by Crippen LogP contribution is 2.31. The summed E-state index contributed by atoms with van der Waals surface area (Å²) in [4.78, 5) is 4.62. The van der Waals surface area contributed by atoms with Crippen LogP contribution in [0.2, 0.25) is 0 Å². The summed E-state index contributed by atoms with van der Waals surface area (Å²) in [6, 6.07) is 8.21. The largest absolute Gasteiger partial charge is 0.383 e. The van der Waals surface area contributed by atoms with Crippen molar-refractivity contribution in [2.75, 3.05) is 5.73 Å². The molecule has 18 heavy (non-hydrogen) atoms. The summed E-state index contributed by atoms with van der Waals surface area (Å²) in [5.41, 5.74) is 10.0. The third-order valence-electron chi connectivity index (χ3n) is 2.82. The van der Waals surface area contributed by atoms with E-state index in [4.69, 9.17) is 5.73 Å². The second-order valence-electron chi connectivity index (χ2n) is 4.05. The van der Waals surface area contributed by atoms with Crippen molar-refractivity contribution >= 4 is 17.2 Å². The van der Waals surface area contributed by atoms with Crippen molar-refractivity contribution in [3.63, 3.8) is 0 Å². The number of thiazole rings is 1. The molecule has 0 atom stereocenters. The molecule has 2 aromatic heterocycles. The minimum Gasteiger partial charge on any atom is -0.383 e. The summed E-state index contributed by atoms with van der Waals surface area (Å²) in [7, 11) is 0. The van der Waals surface area contributed by atoms with Crippen molar-refractivity contribution in [3.05, 3.63) is 41.4 Å². The van der Waals surface area contributed by atoms with Crippen LogP contribution < -0.4 is 5.73 Å². The maximum atomic E-state index is 5.80. The Balaban J connectivity index is 2.05. The fourth-order valence-corrected chi connectivity index (χ4v) is 2.69. The number of aromatic nitrogens is 3. The van der Waals surface area contributed by atoms with Crippen molar-refractivity contribution < 1.29 is 0 Å². The molecule has 0 fully saturated rings. The van der Waals surface area contributed by atoms with E-state index in [2.05, 4.69) is 34.2 Å². The summed E-state index contributed by atoms with van der Waals surface area (Å²) >= 11 is 1.57. The number of hydrogen-bond donors (Lipinski definition) is 2. The van der Waals surface area contributed by atoms with E-state index in [1.54, 1.807) is 17.5 Å². The monoisotopic (exact) mass is 256 g/mol. The predicted octanol–water partition coefficient (Wildman–Crippen LogP) is 3.09. The molecule has 3 aromatic rings. The molecule has 0 saturated carbocycles. The van der Waals surface area contributed by atoms with E-state index in [1.165, 1.54) is 5.56 Å². The average Bonchev–Trinajstić information content (AvgIpc) is 2.98. The first-order valence-electron chi connectivity index (χ1n) is 5.56. The van der Waals surface area contributed by atoms with Gasteiger partial charge in [-0.25, -0.2) is 4.98 Å². The fraction of sp³-hybridized carbons (Fsp3) is 0.0769. The zero-order valence-corrected chi connectivity index (χ0v) is 10.7. The molecule has 0 saturated heterocycles. The Labute approximate surface area is 109 Å². The zero-order valence-electron chi connectivity index (χ0n) is 9.84. The lowest BCUT2D eigenvalue weighted by molar-refractivity contribution is 1.10. The maximum Gasteiger partial charge on any atom is 0.129 e. The standard InChI is InChI=1S/C13H12N4S/c1-8-4-2-3-5-9(8)11-7-18-13(16-11)10-6-15-17-12(10)14/h2-7H,1H3,(H3,14,15,17). The molecule has 90 valence electrons. The lowest BCUT2D eigenvalue weighted by atomic mass is 10.1. The van der Waals surface area contributed by atoms with E-state index in [-0.39, 0.29) is 0 Å². The molecule has 5 heteroatoms. The molecule has 0 aliphatic rings. The number of aromatic amines is 1. The first-order chi connectivity index (χ1) is 8.75. The van der Waals surface area contributed by atoms with Gasteiger partial charge in [-0.2, -0.15) is 5.10 Å². The third kappa shape index (κ3) is 1.78. The van der Waals surface area contributed by atoms with Gasteiger partial charge in [0.15, 0.2) is 0 Å². The van der Waals surface area contributed by atoms with Crippen molar-refractivity contribution in [2.45, 2.75) is 6.92 Å². The Kier molecular flexibility index (Phi) is 2.60. The SMILES string of the molecule is Cc1ccccc1-c1csc(-c2cn[nH]c2N)n1. The number of benzene rings is 1. The number of nitrogens with two attached hydrogens (primary N) is 1. The molecular weight excluding hydrogens is 244 g/mol. The maximum absolute atomic E-state index is 5.80. The Morgan fingerprint density at radius 1 is 1.22 bits per heavy atom. The topological polar surface area (TPSA) is 67.6 Å². The third-order valence-corrected chi connectivity index (χ3v) is 3.70. The molecule has 0 spiro atoms. The van der Waals surface area contributed by atoms with Crippen molar-refractivity contribution in [1.82, 2.24) is 15.2 Å². The second-order valence-corrected chi connectivity index (χ2v) is 4.91. The number of nitrogens with zero attached hydrogens (tertiary/aromatic N) is 2. The van der Waals surface area contributed by atoms with Crippen LogP contribution in [-0.4, -0.2) is 15.2 Å².